The third-order valence-corrected chi connectivity index (χ3v) is 8.18. The first-order chi connectivity index (χ1) is 12.9. The number of alkyl halides is 1. The SMILES string of the molecule is CCC(C)(CI)SC(=NCc1ccc(F)c(Br)c1)NC(=O)c1ccccc1. The van der Waals surface area contributed by atoms with Gasteiger partial charge < -0.3 is 5.32 Å². The topological polar surface area (TPSA) is 41.5 Å². The maximum Gasteiger partial charge on any atom is 0.257 e. The number of rotatable bonds is 6. The minimum atomic E-state index is -0.307. The molecule has 0 saturated carbocycles. The number of hydrogen-bond acceptors (Lipinski definition) is 3. The van der Waals surface area contributed by atoms with Crippen LogP contribution < -0.4 is 5.32 Å². The minimum absolute atomic E-state index is 0.0350. The lowest BCUT2D eigenvalue weighted by atomic mass is 10.1. The van der Waals surface area contributed by atoms with Crippen molar-refractivity contribution in [2.75, 3.05) is 4.43 Å². The Morgan fingerprint density at radius 3 is 2.59 bits per heavy atom. The summed E-state index contributed by atoms with van der Waals surface area (Å²) in [5.41, 5.74) is 1.45. The quantitative estimate of drug-likeness (QED) is 0.197. The molecule has 0 fully saturated rings. The van der Waals surface area contributed by atoms with Gasteiger partial charge >= 0.3 is 0 Å². The van der Waals surface area contributed by atoms with E-state index >= 15 is 0 Å². The van der Waals surface area contributed by atoms with Crippen molar-refractivity contribution in [3.63, 3.8) is 0 Å². The predicted molar refractivity (Wildman–Crippen MR) is 124 cm³/mol. The van der Waals surface area contributed by atoms with Crippen LogP contribution in [0.3, 0.4) is 0 Å². The van der Waals surface area contributed by atoms with Gasteiger partial charge in [0.25, 0.3) is 5.91 Å². The molecule has 0 aliphatic heterocycles. The Labute approximate surface area is 185 Å². The molecule has 0 spiro atoms. The average Bonchev–Trinajstić information content (AvgIpc) is 2.69. The molecule has 0 aliphatic carbocycles. The van der Waals surface area contributed by atoms with Crippen LogP contribution in [0.25, 0.3) is 0 Å². The van der Waals surface area contributed by atoms with E-state index in [1.807, 2.05) is 18.2 Å². The maximum absolute atomic E-state index is 13.4. The van der Waals surface area contributed by atoms with Crippen LogP contribution in [0.2, 0.25) is 0 Å². The van der Waals surface area contributed by atoms with Gasteiger partial charge in [-0.15, -0.1) is 0 Å². The minimum Gasteiger partial charge on any atom is -0.301 e. The van der Waals surface area contributed by atoms with E-state index in [9.17, 15) is 9.18 Å². The van der Waals surface area contributed by atoms with Crippen LogP contribution in [0.4, 0.5) is 4.39 Å². The lowest BCUT2D eigenvalue weighted by molar-refractivity contribution is 0.0978. The molecular weight excluding hydrogens is 542 g/mol. The molecule has 2 rings (SSSR count). The largest absolute Gasteiger partial charge is 0.301 e. The van der Waals surface area contributed by atoms with Crippen LogP contribution in [0.5, 0.6) is 0 Å². The number of halogens is 3. The fourth-order valence-corrected chi connectivity index (χ4v) is 4.46. The Balaban J connectivity index is 2.22. The molecule has 2 aromatic carbocycles. The molecule has 1 atom stereocenters. The number of carbonyl (C=O) groups excluding carboxylic acids is 1. The van der Waals surface area contributed by atoms with Crippen molar-refractivity contribution in [3.8, 4) is 0 Å². The Kier molecular flexibility index (Phi) is 8.75. The Hall–Kier alpha value is -0.930. The lowest BCUT2D eigenvalue weighted by Crippen LogP contribution is -2.33. The highest BCUT2D eigenvalue weighted by molar-refractivity contribution is 14.1. The molecule has 27 heavy (non-hydrogen) atoms. The summed E-state index contributed by atoms with van der Waals surface area (Å²) in [4.78, 5) is 17.2. The van der Waals surface area contributed by atoms with E-state index in [0.29, 0.717) is 21.7 Å². The van der Waals surface area contributed by atoms with E-state index in [2.05, 4.69) is 62.7 Å². The van der Waals surface area contributed by atoms with Crippen molar-refractivity contribution in [2.24, 2.45) is 4.99 Å². The third kappa shape index (κ3) is 6.87. The zero-order valence-corrected chi connectivity index (χ0v) is 19.7. The highest BCUT2D eigenvalue weighted by atomic mass is 127. The van der Waals surface area contributed by atoms with Crippen LogP contribution in [-0.4, -0.2) is 20.2 Å². The van der Waals surface area contributed by atoms with Gasteiger partial charge in [0.2, 0.25) is 0 Å². The number of benzene rings is 2. The summed E-state index contributed by atoms with van der Waals surface area (Å²) in [5, 5.41) is 3.51. The molecular formula is C20H21BrFIN2OS. The Morgan fingerprint density at radius 2 is 2.00 bits per heavy atom. The Bertz CT molecular complexity index is 813. The van der Waals surface area contributed by atoms with Gasteiger partial charge in [-0.1, -0.05) is 65.5 Å². The van der Waals surface area contributed by atoms with E-state index in [0.717, 1.165) is 16.4 Å². The molecule has 1 amide bonds. The third-order valence-electron chi connectivity index (χ3n) is 4.02. The standard InChI is InChI=1S/C20H21BrFIN2OS/c1-3-20(2,13-23)27-19(25-18(26)15-7-5-4-6-8-15)24-12-14-9-10-17(22)16(21)11-14/h4-11H,3,12-13H2,1-2H3,(H,24,25,26). The second-order valence-electron chi connectivity index (χ2n) is 6.23. The van der Waals surface area contributed by atoms with Crippen molar-refractivity contribution in [2.45, 2.75) is 31.6 Å². The first-order valence-corrected chi connectivity index (χ1v) is 11.6. The predicted octanol–water partition coefficient (Wildman–Crippen LogP) is 6.21. The van der Waals surface area contributed by atoms with Gasteiger partial charge in [0, 0.05) is 14.7 Å². The summed E-state index contributed by atoms with van der Waals surface area (Å²) in [7, 11) is 0. The second kappa shape index (κ2) is 10.6. The number of nitrogens with zero attached hydrogens (tertiary/aromatic N) is 1. The fourth-order valence-electron chi connectivity index (χ4n) is 2.08. The molecule has 0 saturated heterocycles. The van der Waals surface area contributed by atoms with Crippen molar-refractivity contribution in [1.82, 2.24) is 5.32 Å². The molecule has 144 valence electrons. The number of nitrogens with one attached hydrogen (secondary N) is 1. The molecule has 0 aliphatic rings. The molecule has 0 bridgehead atoms. The fraction of sp³-hybridized carbons (Fsp3) is 0.300. The van der Waals surface area contributed by atoms with Gasteiger partial charge in [0.05, 0.1) is 11.0 Å². The van der Waals surface area contributed by atoms with Crippen LogP contribution in [-0.2, 0) is 6.54 Å². The van der Waals surface area contributed by atoms with Crippen LogP contribution in [0, 0.1) is 5.82 Å². The van der Waals surface area contributed by atoms with E-state index in [-0.39, 0.29) is 16.5 Å². The highest BCUT2D eigenvalue weighted by Crippen LogP contribution is 2.31. The first kappa shape index (κ1) is 22.4. The van der Waals surface area contributed by atoms with E-state index in [1.54, 1.807) is 36.0 Å². The number of thioether (sulfide) groups is 1. The average molecular weight is 563 g/mol. The monoisotopic (exact) mass is 562 g/mol. The van der Waals surface area contributed by atoms with Gasteiger partial charge in [-0.2, -0.15) is 0 Å². The molecule has 0 radical (unpaired) electrons. The number of carbonyl (C=O) groups is 1. The van der Waals surface area contributed by atoms with Gasteiger partial charge in [-0.3, -0.25) is 9.79 Å². The van der Waals surface area contributed by atoms with Crippen molar-refractivity contribution < 1.29 is 9.18 Å². The van der Waals surface area contributed by atoms with Crippen molar-refractivity contribution in [3.05, 3.63) is 69.9 Å². The zero-order valence-electron chi connectivity index (χ0n) is 15.1. The van der Waals surface area contributed by atoms with Crippen LogP contribution in [0.1, 0.15) is 36.2 Å². The van der Waals surface area contributed by atoms with Crippen LogP contribution >= 0.6 is 50.3 Å². The molecule has 3 nitrogen and oxygen atoms in total. The smallest absolute Gasteiger partial charge is 0.257 e. The zero-order chi connectivity index (χ0) is 19.9. The summed E-state index contributed by atoms with van der Waals surface area (Å²) < 4.78 is 14.7. The normalized spacial score (nSPS) is 13.9. The summed E-state index contributed by atoms with van der Waals surface area (Å²) in [5.74, 6) is -0.493. The molecule has 1 unspecified atom stereocenters. The number of amides is 1. The van der Waals surface area contributed by atoms with E-state index in [1.165, 1.54) is 6.07 Å². The van der Waals surface area contributed by atoms with Gasteiger partial charge in [0.15, 0.2) is 5.17 Å². The summed E-state index contributed by atoms with van der Waals surface area (Å²) in [6, 6.07) is 13.9. The molecule has 1 N–H and O–H groups in total. The summed E-state index contributed by atoms with van der Waals surface area (Å²) >= 11 is 7.12. The maximum atomic E-state index is 13.4. The van der Waals surface area contributed by atoms with E-state index < -0.39 is 0 Å². The second-order valence-corrected chi connectivity index (χ2v) is 9.42. The number of amidine groups is 1. The first-order valence-electron chi connectivity index (χ1n) is 8.46. The molecule has 0 heterocycles. The summed E-state index contributed by atoms with van der Waals surface area (Å²) in [6.45, 7) is 4.64. The summed E-state index contributed by atoms with van der Waals surface area (Å²) in [6.07, 6.45) is 0.947. The van der Waals surface area contributed by atoms with Crippen molar-refractivity contribution in [1.29, 1.82) is 0 Å². The molecule has 0 aromatic heterocycles. The van der Waals surface area contributed by atoms with Crippen molar-refractivity contribution >= 4 is 61.4 Å². The van der Waals surface area contributed by atoms with Gasteiger partial charge in [-0.05, 0) is 59.1 Å². The molecule has 7 heteroatoms. The lowest BCUT2D eigenvalue weighted by Gasteiger charge is -2.25. The highest BCUT2D eigenvalue weighted by Gasteiger charge is 2.25. The molecule has 2 aromatic rings. The number of aliphatic imine (C=N–C) groups is 1. The van der Waals surface area contributed by atoms with Gasteiger partial charge in [0.1, 0.15) is 5.82 Å². The number of hydrogen-bond donors (Lipinski definition) is 1. The van der Waals surface area contributed by atoms with E-state index in [4.69, 9.17) is 0 Å². The Morgan fingerprint density at radius 1 is 1.30 bits per heavy atom. The van der Waals surface area contributed by atoms with Gasteiger partial charge in [-0.25, -0.2) is 4.39 Å². The van der Waals surface area contributed by atoms with Crippen LogP contribution in [0.15, 0.2) is 58.0 Å².